The van der Waals surface area contributed by atoms with Crippen LogP contribution in [0.15, 0.2) is 46.9 Å². The molecule has 0 radical (unpaired) electrons. The van der Waals surface area contributed by atoms with E-state index in [0.717, 1.165) is 27.5 Å². The number of hydrogen-bond acceptors (Lipinski definition) is 2. The molecule has 1 heterocycles. The molecule has 2 nitrogen and oxygen atoms in total. The van der Waals surface area contributed by atoms with Gasteiger partial charge in [-0.2, -0.15) is 0 Å². The number of hydrogen-bond donors (Lipinski definition) is 0. The third-order valence-electron chi connectivity index (χ3n) is 3.40. The maximum atomic E-state index is 13.4. The van der Waals surface area contributed by atoms with Crippen LogP contribution in [0.25, 0.3) is 5.57 Å². The number of carbonyl (C=O) groups is 1. The van der Waals surface area contributed by atoms with Crippen LogP contribution in [0.2, 0.25) is 0 Å². The molecule has 0 saturated carbocycles. The van der Waals surface area contributed by atoms with Gasteiger partial charge in [0.15, 0.2) is 0 Å². The Morgan fingerprint density at radius 3 is 2.62 bits per heavy atom. The van der Waals surface area contributed by atoms with Gasteiger partial charge in [-0.1, -0.05) is 40.2 Å². The standard InChI is InChI=1S/C17H12BrFO2/c18-15-7-8-21-16-9-13(19)5-6-14(16)17(15)12-3-1-11(10-20)2-4-12/h1-6,9-10H,7-8H2. The molecule has 0 aliphatic carbocycles. The van der Waals surface area contributed by atoms with E-state index in [1.165, 1.54) is 12.1 Å². The van der Waals surface area contributed by atoms with E-state index in [0.29, 0.717) is 24.3 Å². The first kappa shape index (κ1) is 14.0. The minimum atomic E-state index is -0.317. The first-order valence-electron chi connectivity index (χ1n) is 6.56. The molecule has 106 valence electrons. The predicted molar refractivity (Wildman–Crippen MR) is 83.3 cm³/mol. The predicted octanol–water partition coefficient (Wildman–Crippen LogP) is 4.58. The van der Waals surface area contributed by atoms with Crippen molar-refractivity contribution >= 4 is 27.8 Å². The molecule has 0 spiro atoms. The van der Waals surface area contributed by atoms with Crippen LogP contribution in [0.1, 0.15) is 27.9 Å². The summed E-state index contributed by atoms with van der Waals surface area (Å²) in [4.78, 5) is 10.8. The Labute approximate surface area is 130 Å². The summed E-state index contributed by atoms with van der Waals surface area (Å²) in [5.41, 5.74) is 3.41. The molecule has 0 bridgehead atoms. The molecule has 21 heavy (non-hydrogen) atoms. The zero-order valence-electron chi connectivity index (χ0n) is 11.1. The van der Waals surface area contributed by atoms with Crippen molar-refractivity contribution in [3.8, 4) is 5.75 Å². The zero-order chi connectivity index (χ0) is 14.8. The molecule has 0 amide bonds. The van der Waals surface area contributed by atoms with Gasteiger partial charge in [-0.3, -0.25) is 4.79 Å². The van der Waals surface area contributed by atoms with Gasteiger partial charge in [0, 0.05) is 33.7 Å². The summed E-state index contributed by atoms with van der Waals surface area (Å²) in [5.74, 6) is 0.223. The van der Waals surface area contributed by atoms with Gasteiger partial charge >= 0.3 is 0 Å². The highest BCUT2D eigenvalue weighted by Gasteiger charge is 2.19. The van der Waals surface area contributed by atoms with Gasteiger partial charge in [0.1, 0.15) is 17.9 Å². The lowest BCUT2D eigenvalue weighted by atomic mass is 9.96. The minimum absolute atomic E-state index is 0.317. The lowest BCUT2D eigenvalue weighted by Crippen LogP contribution is -1.96. The van der Waals surface area contributed by atoms with Crippen molar-refractivity contribution in [2.75, 3.05) is 6.61 Å². The second-order valence-corrected chi connectivity index (χ2v) is 5.72. The Bertz CT molecular complexity index is 720. The second kappa shape index (κ2) is 5.82. The lowest BCUT2D eigenvalue weighted by molar-refractivity contribution is 0.112. The average molecular weight is 347 g/mol. The first-order chi connectivity index (χ1) is 10.2. The van der Waals surface area contributed by atoms with E-state index >= 15 is 0 Å². The number of fused-ring (bicyclic) bond motifs is 1. The number of ether oxygens (including phenoxy) is 1. The van der Waals surface area contributed by atoms with Crippen LogP contribution in [0.3, 0.4) is 0 Å². The Kier molecular flexibility index (Phi) is 3.88. The molecule has 0 N–H and O–H groups in total. The van der Waals surface area contributed by atoms with Crippen molar-refractivity contribution in [3.63, 3.8) is 0 Å². The van der Waals surface area contributed by atoms with Crippen molar-refractivity contribution in [2.45, 2.75) is 6.42 Å². The van der Waals surface area contributed by atoms with Gasteiger partial charge in [-0.15, -0.1) is 0 Å². The SMILES string of the molecule is O=Cc1ccc(C2=C(Br)CCOc3cc(F)ccc32)cc1. The summed E-state index contributed by atoms with van der Waals surface area (Å²) in [5, 5.41) is 0. The molecule has 0 atom stereocenters. The minimum Gasteiger partial charge on any atom is -0.492 e. The molecule has 3 rings (SSSR count). The van der Waals surface area contributed by atoms with Crippen LogP contribution < -0.4 is 4.74 Å². The van der Waals surface area contributed by atoms with Crippen LogP contribution in [0.5, 0.6) is 5.75 Å². The van der Waals surface area contributed by atoms with Gasteiger partial charge in [0.25, 0.3) is 0 Å². The molecule has 0 saturated heterocycles. The van der Waals surface area contributed by atoms with Gasteiger partial charge in [-0.25, -0.2) is 4.39 Å². The largest absolute Gasteiger partial charge is 0.492 e. The average Bonchev–Trinajstić information content (AvgIpc) is 2.65. The highest BCUT2D eigenvalue weighted by atomic mass is 79.9. The summed E-state index contributed by atoms with van der Waals surface area (Å²) in [6, 6.07) is 11.9. The molecule has 1 aliphatic rings. The number of aldehydes is 1. The van der Waals surface area contributed by atoms with E-state index in [4.69, 9.17) is 4.74 Å². The van der Waals surface area contributed by atoms with E-state index < -0.39 is 0 Å². The summed E-state index contributed by atoms with van der Waals surface area (Å²) in [6.07, 6.45) is 1.52. The molecule has 2 aromatic carbocycles. The zero-order valence-corrected chi connectivity index (χ0v) is 12.7. The van der Waals surface area contributed by atoms with Crippen LogP contribution in [0, 0.1) is 5.82 Å². The highest BCUT2D eigenvalue weighted by molar-refractivity contribution is 9.11. The fraction of sp³-hybridized carbons (Fsp3) is 0.118. The molecule has 0 fully saturated rings. The molecule has 0 aromatic heterocycles. The maximum Gasteiger partial charge on any atom is 0.150 e. The fourth-order valence-electron chi connectivity index (χ4n) is 2.38. The van der Waals surface area contributed by atoms with Crippen LogP contribution in [-0.4, -0.2) is 12.9 Å². The second-order valence-electron chi connectivity index (χ2n) is 4.76. The van der Waals surface area contributed by atoms with E-state index in [2.05, 4.69) is 15.9 Å². The van der Waals surface area contributed by atoms with Crippen molar-refractivity contribution in [2.24, 2.45) is 0 Å². The number of carbonyl (C=O) groups excluding carboxylic acids is 1. The fourth-order valence-corrected chi connectivity index (χ4v) is 2.99. The van der Waals surface area contributed by atoms with Crippen LogP contribution in [0.4, 0.5) is 4.39 Å². The van der Waals surface area contributed by atoms with Gasteiger partial charge in [-0.05, 0) is 17.7 Å². The van der Waals surface area contributed by atoms with E-state index in [1.807, 2.05) is 12.1 Å². The monoisotopic (exact) mass is 346 g/mol. The highest BCUT2D eigenvalue weighted by Crippen LogP contribution is 2.39. The molecular formula is C17H12BrFO2. The van der Waals surface area contributed by atoms with Crippen LogP contribution >= 0.6 is 15.9 Å². The topological polar surface area (TPSA) is 26.3 Å². The summed E-state index contributed by atoms with van der Waals surface area (Å²) in [6.45, 7) is 0.493. The molecule has 0 unspecified atom stereocenters. The van der Waals surface area contributed by atoms with Crippen molar-refractivity contribution in [3.05, 3.63) is 69.5 Å². The number of rotatable bonds is 2. The molecule has 1 aliphatic heterocycles. The lowest BCUT2D eigenvalue weighted by Gasteiger charge is -2.12. The Morgan fingerprint density at radius 2 is 1.90 bits per heavy atom. The third kappa shape index (κ3) is 2.76. The normalized spacial score (nSPS) is 14.2. The third-order valence-corrected chi connectivity index (χ3v) is 4.19. The quantitative estimate of drug-likeness (QED) is 0.744. The Morgan fingerprint density at radius 1 is 1.14 bits per heavy atom. The maximum absolute atomic E-state index is 13.4. The number of benzene rings is 2. The van der Waals surface area contributed by atoms with Gasteiger partial charge < -0.3 is 4.74 Å². The number of halogens is 2. The summed E-state index contributed by atoms with van der Waals surface area (Å²) >= 11 is 3.60. The van der Waals surface area contributed by atoms with E-state index in [-0.39, 0.29) is 5.82 Å². The summed E-state index contributed by atoms with van der Waals surface area (Å²) in [7, 11) is 0. The summed E-state index contributed by atoms with van der Waals surface area (Å²) < 4.78 is 20.0. The van der Waals surface area contributed by atoms with Crippen molar-refractivity contribution in [1.29, 1.82) is 0 Å². The van der Waals surface area contributed by atoms with E-state index in [1.54, 1.807) is 18.2 Å². The van der Waals surface area contributed by atoms with Crippen LogP contribution in [-0.2, 0) is 0 Å². The first-order valence-corrected chi connectivity index (χ1v) is 7.35. The van der Waals surface area contributed by atoms with E-state index in [9.17, 15) is 9.18 Å². The van der Waals surface area contributed by atoms with Gasteiger partial charge in [0.05, 0.1) is 6.61 Å². The molecule has 4 heteroatoms. The van der Waals surface area contributed by atoms with Crippen molar-refractivity contribution < 1.29 is 13.9 Å². The van der Waals surface area contributed by atoms with Gasteiger partial charge in [0.2, 0.25) is 0 Å². The smallest absolute Gasteiger partial charge is 0.150 e. The Hall–Kier alpha value is -1.94. The molecular weight excluding hydrogens is 335 g/mol. The van der Waals surface area contributed by atoms with Crippen molar-refractivity contribution in [1.82, 2.24) is 0 Å². The molecule has 2 aromatic rings. The Balaban J connectivity index is 2.16.